The lowest BCUT2D eigenvalue weighted by atomic mass is 10.1. The summed E-state index contributed by atoms with van der Waals surface area (Å²) in [6, 6.07) is 17.7. The van der Waals surface area contributed by atoms with Crippen LogP contribution in [0.25, 0.3) is 22.8 Å². The van der Waals surface area contributed by atoms with E-state index in [2.05, 4.69) is 4.98 Å². The summed E-state index contributed by atoms with van der Waals surface area (Å²) < 4.78 is 5.78. The van der Waals surface area contributed by atoms with E-state index in [1.807, 2.05) is 61.5 Å². The van der Waals surface area contributed by atoms with E-state index in [4.69, 9.17) is 16.0 Å². The maximum absolute atomic E-state index is 6.16. The van der Waals surface area contributed by atoms with E-state index in [-0.39, 0.29) is 0 Å². The molecule has 0 saturated heterocycles. The Labute approximate surface area is 116 Å². The molecule has 2 nitrogen and oxygen atoms in total. The van der Waals surface area contributed by atoms with E-state index in [0.29, 0.717) is 16.8 Å². The summed E-state index contributed by atoms with van der Waals surface area (Å²) in [6.45, 7) is 2.04. The van der Waals surface area contributed by atoms with Crippen molar-refractivity contribution in [3.63, 3.8) is 0 Å². The van der Waals surface area contributed by atoms with Crippen molar-refractivity contribution in [2.24, 2.45) is 0 Å². The van der Waals surface area contributed by atoms with E-state index in [0.717, 1.165) is 11.1 Å². The van der Waals surface area contributed by atoms with Crippen molar-refractivity contribution >= 4 is 11.6 Å². The van der Waals surface area contributed by atoms with E-state index in [1.54, 1.807) is 0 Å². The van der Waals surface area contributed by atoms with Gasteiger partial charge in [0, 0.05) is 11.1 Å². The van der Waals surface area contributed by atoms with Crippen LogP contribution in [0.2, 0.25) is 5.15 Å². The van der Waals surface area contributed by atoms with Crippen LogP contribution < -0.4 is 0 Å². The molecule has 0 radical (unpaired) electrons. The van der Waals surface area contributed by atoms with E-state index in [9.17, 15) is 0 Å². The molecule has 0 bridgehead atoms. The molecule has 0 aliphatic carbocycles. The maximum atomic E-state index is 6.16. The lowest BCUT2D eigenvalue weighted by Gasteiger charge is -1.97. The summed E-state index contributed by atoms with van der Waals surface area (Å²) >= 11 is 6.16. The summed E-state index contributed by atoms with van der Waals surface area (Å²) in [7, 11) is 0. The molecule has 1 aromatic heterocycles. The fourth-order valence-electron chi connectivity index (χ4n) is 1.89. The van der Waals surface area contributed by atoms with Crippen LogP contribution in [0.1, 0.15) is 5.56 Å². The Balaban J connectivity index is 2.04. The van der Waals surface area contributed by atoms with Gasteiger partial charge in [-0.2, -0.15) is 4.98 Å². The molecule has 3 rings (SSSR count). The second-order valence-corrected chi connectivity index (χ2v) is 4.73. The van der Waals surface area contributed by atoms with Gasteiger partial charge in [0.2, 0.25) is 5.89 Å². The highest BCUT2D eigenvalue weighted by atomic mass is 35.5. The molecule has 94 valence electrons. The molecular weight excluding hydrogens is 258 g/mol. The number of hydrogen-bond acceptors (Lipinski definition) is 2. The molecule has 3 heteroatoms. The second-order valence-electron chi connectivity index (χ2n) is 4.37. The fraction of sp³-hybridized carbons (Fsp3) is 0.0625. The molecule has 19 heavy (non-hydrogen) atoms. The van der Waals surface area contributed by atoms with Crippen molar-refractivity contribution in [3.8, 4) is 22.8 Å². The minimum absolute atomic E-state index is 0.391. The summed E-state index contributed by atoms with van der Waals surface area (Å²) in [5, 5.41) is 0.391. The third-order valence-corrected chi connectivity index (χ3v) is 3.18. The second kappa shape index (κ2) is 4.90. The van der Waals surface area contributed by atoms with Crippen molar-refractivity contribution in [2.75, 3.05) is 0 Å². The third kappa shape index (κ3) is 2.40. The topological polar surface area (TPSA) is 26.0 Å². The van der Waals surface area contributed by atoms with Crippen molar-refractivity contribution in [2.45, 2.75) is 6.92 Å². The molecule has 0 saturated carbocycles. The first-order valence-electron chi connectivity index (χ1n) is 6.03. The SMILES string of the molecule is Cc1ccc(-c2nc(Cl)c(-c3ccccc3)o2)cc1. The Morgan fingerprint density at radius 1 is 0.895 bits per heavy atom. The Morgan fingerprint density at radius 3 is 2.26 bits per heavy atom. The summed E-state index contributed by atoms with van der Waals surface area (Å²) in [5.74, 6) is 1.15. The summed E-state index contributed by atoms with van der Waals surface area (Å²) in [5.41, 5.74) is 3.05. The first-order valence-corrected chi connectivity index (χ1v) is 6.40. The van der Waals surface area contributed by atoms with Crippen molar-refractivity contribution in [1.29, 1.82) is 0 Å². The maximum Gasteiger partial charge on any atom is 0.228 e. The van der Waals surface area contributed by atoms with Crippen molar-refractivity contribution in [3.05, 3.63) is 65.3 Å². The van der Waals surface area contributed by atoms with Crippen LogP contribution in [0.5, 0.6) is 0 Å². The zero-order chi connectivity index (χ0) is 13.2. The van der Waals surface area contributed by atoms with E-state index < -0.39 is 0 Å². The Morgan fingerprint density at radius 2 is 1.58 bits per heavy atom. The number of halogens is 1. The Bertz CT molecular complexity index is 687. The third-order valence-electron chi connectivity index (χ3n) is 2.92. The molecular formula is C16H12ClNO. The molecule has 0 unspecified atom stereocenters. The summed E-state index contributed by atoms with van der Waals surface area (Å²) in [4.78, 5) is 4.29. The zero-order valence-corrected chi connectivity index (χ0v) is 11.2. The van der Waals surface area contributed by atoms with Gasteiger partial charge in [0.05, 0.1) is 0 Å². The highest BCUT2D eigenvalue weighted by Gasteiger charge is 2.14. The predicted octanol–water partition coefficient (Wildman–Crippen LogP) is 4.97. The highest BCUT2D eigenvalue weighted by molar-refractivity contribution is 6.31. The van der Waals surface area contributed by atoms with Gasteiger partial charge in [-0.1, -0.05) is 59.6 Å². The molecule has 0 aliphatic heterocycles. The number of rotatable bonds is 2. The fourth-order valence-corrected chi connectivity index (χ4v) is 2.11. The number of hydrogen-bond donors (Lipinski definition) is 0. The van der Waals surface area contributed by atoms with Gasteiger partial charge in [-0.15, -0.1) is 0 Å². The monoisotopic (exact) mass is 269 g/mol. The van der Waals surface area contributed by atoms with Gasteiger partial charge >= 0.3 is 0 Å². The molecule has 3 aromatic rings. The van der Waals surface area contributed by atoms with Gasteiger partial charge in [0.1, 0.15) is 0 Å². The first-order chi connectivity index (χ1) is 9.24. The largest absolute Gasteiger partial charge is 0.434 e. The molecule has 0 aliphatic rings. The standard InChI is InChI=1S/C16H12ClNO/c1-11-7-9-13(10-8-11)16-18-15(17)14(19-16)12-5-3-2-4-6-12/h2-10H,1H3. The number of oxazole rings is 1. The quantitative estimate of drug-likeness (QED) is 0.656. The molecule has 0 amide bonds. The Hall–Kier alpha value is -2.06. The van der Waals surface area contributed by atoms with Gasteiger partial charge in [-0.25, -0.2) is 0 Å². The minimum atomic E-state index is 0.391. The minimum Gasteiger partial charge on any atom is -0.434 e. The van der Waals surface area contributed by atoms with Crippen LogP contribution in [0.4, 0.5) is 0 Å². The van der Waals surface area contributed by atoms with Crippen molar-refractivity contribution < 1.29 is 4.42 Å². The lowest BCUT2D eigenvalue weighted by molar-refractivity contribution is 0.589. The first kappa shape index (κ1) is 12.0. The van der Waals surface area contributed by atoms with Crippen LogP contribution >= 0.6 is 11.6 Å². The number of nitrogens with zero attached hydrogens (tertiary/aromatic N) is 1. The zero-order valence-electron chi connectivity index (χ0n) is 10.4. The average molecular weight is 270 g/mol. The molecule has 0 atom stereocenters. The van der Waals surface area contributed by atoms with Crippen LogP contribution in [-0.4, -0.2) is 4.98 Å². The van der Waals surface area contributed by atoms with Crippen molar-refractivity contribution in [1.82, 2.24) is 4.98 Å². The molecule has 0 N–H and O–H groups in total. The highest BCUT2D eigenvalue weighted by Crippen LogP contribution is 2.32. The van der Waals surface area contributed by atoms with Gasteiger partial charge in [0.15, 0.2) is 10.9 Å². The van der Waals surface area contributed by atoms with Crippen LogP contribution in [-0.2, 0) is 0 Å². The number of aromatic nitrogens is 1. The predicted molar refractivity (Wildman–Crippen MR) is 77.1 cm³/mol. The Kier molecular flexibility index (Phi) is 3.10. The molecule has 0 spiro atoms. The number of aryl methyl sites for hydroxylation is 1. The summed E-state index contributed by atoms with van der Waals surface area (Å²) in [6.07, 6.45) is 0. The van der Waals surface area contributed by atoms with Gasteiger partial charge in [-0.05, 0) is 19.1 Å². The van der Waals surface area contributed by atoms with Gasteiger partial charge in [-0.3, -0.25) is 0 Å². The van der Waals surface area contributed by atoms with Crippen LogP contribution in [0.3, 0.4) is 0 Å². The molecule has 2 aromatic carbocycles. The molecule has 1 heterocycles. The average Bonchev–Trinajstić information content (AvgIpc) is 2.83. The smallest absolute Gasteiger partial charge is 0.228 e. The van der Waals surface area contributed by atoms with Crippen LogP contribution in [0.15, 0.2) is 59.0 Å². The normalized spacial score (nSPS) is 10.6. The number of benzene rings is 2. The van der Waals surface area contributed by atoms with Gasteiger partial charge < -0.3 is 4.42 Å². The lowest BCUT2D eigenvalue weighted by Crippen LogP contribution is -1.77. The van der Waals surface area contributed by atoms with E-state index >= 15 is 0 Å². The van der Waals surface area contributed by atoms with Gasteiger partial charge in [0.25, 0.3) is 0 Å². The van der Waals surface area contributed by atoms with Crippen LogP contribution in [0, 0.1) is 6.92 Å². The van der Waals surface area contributed by atoms with E-state index in [1.165, 1.54) is 5.56 Å². The molecule has 0 fully saturated rings.